The molecule has 0 bridgehead atoms. The molecule has 7 rings (SSSR count). The fourth-order valence-corrected chi connectivity index (χ4v) is 7.29. The van der Waals surface area contributed by atoms with Gasteiger partial charge in [0, 0.05) is 46.8 Å². The normalized spacial score (nSPS) is 11.9. The fourth-order valence-electron chi connectivity index (χ4n) is 7.29. The maximum Gasteiger partial charge on any atom is 0.408 e. The number of ether oxygens (including phenoxy) is 3. The Kier molecular flexibility index (Phi) is 13.5. The van der Waals surface area contributed by atoms with Crippen LogP contribution in [0.5, 0.6) is 0 Å². The molecule has 0 saturated carbocycles. The maximum atomic E-state index is 14.0. The van der Waals surface area contributed by atoms with E-state index in [0.29, 0.717) is 16.9 Å². The van der Waals surface area contributed by atoms with E-state index in [2.05, 4.69) is 55.5 Å². The first-order valence-electron chi connectivity index (χ1n) is 20.5. The second-order valence-corrected chi connectivity index (χ2v) is 14.9. The molecule has 10 heteroatoms. The van der Waals surface area contributed by atoms with Crippen LogP contribution in [-0.4, -0.2) is 37.2 Å². The number of anilines is 1. The van der Waals surface area contributed by atoms with Crippen molar-refractivity contribution < 1.29 is 38.0 Å². The van der Waals surface area contributed by atoms with Crippen LogP contribution in [0.4, 0.5) is 10.5 Å². The molecule has 10 nitrogen and oxygen atoms in total. The number of fused-ring (bicyclic) bond motifs is 2. The molecule has 5 aromatic rings. The monoisotopic (exact) mass is 816 g/mol. The minimum absolute atomic E-state index is 0.0193. The van der Waals surface area contributed by atoms with Gasteiger partial charge in [-0.05, 0) is 79.3 Å². The highest BCUT2D eigenvalue weighted by atomic mass is 16.6. The minimum Gasteiger partial charge on any atom is -0.459 e. The number of esters is 2. The lowest BCUT2D eigenvalue weighted by Gasteiger charge is -2.19. The number of hydrogen-bond donors (Lipinski definition) is 3. The van der Waals surface area contributed by atoms with E-state index in [1.165, 1.54) is 0 Å². The van der Waals surface area contributed by atoms with Gasteiger partial charge in [0.05, 0.1) is 11.6 Å². The Bertz CT molecular complexity index is 2670. The second-order valence-electron chi connectivity index (χ2n) is 14.9. The molecule has 1 aliphatic carbocycles. The molecular formula is C51H50N3O7+. The predicted molar refractivity (Wildman–Crippen MR) is 236 cm³/mol. The molecule has 3 N–H and O–H groups in total. The van der Waals surface area contributed by atoms with Gasteiger partial charge in [0.1, 0.15) is 43.8 Å². The Hall–Kier alpha value is -7.20. The van der Waals surface area contributed by atoms with Gasteiger partial charge in [-0.1, -0.05) is 103 Å². The summed E-state index contributed by atoms with van der Waals surface area (Å²) in [5.74, 6) is -0.350. The van der Waals surface area contributed by atoms with Gasteiger partial charge in [-0.2, -0.15) is 0 Å². The summed E-state index contributed by atoms with van der Waals surface area (Å²) in [5, 5.41) is 7.99. The lowest BCUT2D eigenvalue weighted by molar-refractivity contribution is -0.496. The molecule has 0 saturated heterocycles. The molecule has 0 aromatic heterocycles. The van der Waals surface area contributed by atoms with Crippen LogP contribution in [0, 0.1) is 13.8 Å². The first kappa shape index (κ1) is 41.9. The Morgan fingerprint density at radius 1 is 0.656 bits per heavy atom. The summed E-state index contributed by atoms with van der Waals surface area (Å²) in [6, 6.07) is 40.8. The third-order valence-electron chi connectivity index (χ3n) is 10.4. The number of carbonyl (C=O) groups is 3. The van der Waals surface area contributed by atoms with E-state index < -0.39 is 24.1 Å². The SMILES string of the molecule is CCNc1cc2oc3cc(=[NH+]CC)c(C)cc-3c(-c3ccccc3C(=O)OCc3ccc(COC(=O)[C@H](Cc4ccccc4)NC(=O)OCc4ccccc4)cc3)c2cc1C. The molecule has 61 heavy (non-hydrogen) atoms. The van der Waals surface area contributed by atoms with Crippen LogP contribution in [0.3, 0.4) is 0 Å². The first-order valence-corrected chi connectivity index (χ1v) is 20.5. The van der Waals surface area contributed by atoms with E-state index in [-0.39, 0.29) is 26.2 Å². The molecule has 1 heterocycles. The van der Waals surface area contributed by atoms with Crippen molar-refractivity contribution in [3.63, 3.8) is 0 Å². The van der Waals surface area contributed by atoms with Crippen molar-refractivity contribution in [2.45, 2.75) is 60.0 Å². The zero-order valence-electron chi connectivity index (χ0n) is 34.9. The third kappa shape index (κ3) is 10.3. The van der Waals surface area contributed by atoms with Gasteiger partial charge in [0.25, 0.3) is 0 Å². The summed E-state index contributed by atoms with van der Waals surface area (Å²) in [4.78, 5) is 43.5. The molecule has 0 unspecified atom stereocenters. The largest absolute Gasteiger partial charge is 0.459 e. The summed E-state index contributed by atoms with van der Waals surface area (Å²) >= 11 is 0. The molecule has 1 aliphatic heterocycles. The van der Waals surface area contributed by atoms with Crippen LogP contribution >= 0.6 is 0 Å². The van der Waals surface area contributed by atoms with Crippen LogP contribution < -0.4 is 21.0 Å². The molecule has 0 spiro atoms. The quantitative estimate of drug-likeness (QED) is 0.0537. The van der Waals surface area contributed by atoms with Crippen molar-refractivity contribution >= 4 is 34.7 Å². The highest BCUT2D eigenvalue weighted by molar-refractivity contribution is 6.08. The molecular weight excluding hydrogens is 767 g/mol. The zero-order valence-corrected chi connectivity index (χ0v) is 34.9. The fraction of sp³-hybridized carbons (Fsp3) is 0.216. The average Bonchev–Trinajstić information content (AvgIpc) is 3.28. The number of aryl methyl sites for hydroxylation is 2. The van der Waals surface area contributed by atoms with Crippen molar-refractivity contribution in [3.05, 3.63) is 178 Å². The van der Waals surface area contributed by atoms with Gasteiger partial charge in [0.2, 0.25) is 5.36 Å². The van der Waals surface area contributed by atoms with Gasteiger partial charge in [-0.3, -0.25) is 0 Å². The lowest BCUT2D eigenvalue weighted by atomic mass is 9.89. The van der Waals surface area contributed by atoms with E-state index in [4.69, 9.17) is 18.6 Å². The van der Waals surface area contributed by atoms with E-state index in [1.54, 1.807) is 6.07 Å². The topological polar surface area (TPSA) is 130 Å². The number of rotatable bonds is 15. The molecule has 310 valence electrons. The Morgan fingerprint density at radius 2 is 1.28 bits per heavy atom. The second kappa shape index (κ2) is 19.7. The standard InChI is InChI=1S/C51H49N3O7/c1-5-52-43-28-46-41(25-33(43)3)48(42-26-34(4)44(53-6-2)29-47(42)61-46)39-19-13-14-20-40(39)49(55)58-30-37-21-23-38(24-22-37)31-59-50(56)45(27-35-15-9-7-10-16-35)54-51(57)60-32-36-17-11-8-12-18-36/h7-26,28-29,45,52H,5-6,27,30-32H2,1-4H3,(H,54,57)/p+1/t45-/m0/s1. The van der Waals surface area contributed by atoms with Crippen LogP contribution in [0.1, 0.15) is 57.6 Å². The van der Waals surface area contributed by atoms with E-state index in [9.17, 15) is 14.4 Å². The summed E-state index contributed by atoms with van der Waals surface area (Å²) in [5.41, 5.74) is 9.96. The van der Waals surface area contributed by atoms with Crippen molar-refractivity contribution in [2.75, 3.05) is 18.4 Å². The Morgan fingerprint density at radius 3 is 1.97 bits per heavy atom. The molecule has 1 atom stereocenters. The van der Waals surface area contributed by atoms with Crippen molar-refractivity contribution in [1.29, 1.82) is 0 Å². The maximum absolute atomic E-state index is 14.0. The van der Waals surface area contributed by atoms with Gasteiger partial charge in [0.15, 0.2) is 0 Å². The summed E-state index contributed by atoms with van der Waals surface area (Å²) in [6.45, 7) is 9.86. The van der Waals surface area contributed by atoms with Gasteiger partial charge >= 0.3 is 18.0 Å². The minimum atomic E-state index is -0.965. The predicted octanol–water partition coefficient (Wildman–Crippen LogP) is 8.19. The van der Waals surface area contributed by atoms with Crippen molar-refractivity contribution in [2.24, 2.45) is 0 Å². The van der Waals surface area contributed by atoms with Crippen LogP contribution in [0.25, 0.3) is 33.4 Å². The van der Waals surface area contributed by atoms with Crippen LogP contribution in [0.15, 0.2) is 138 Å². The number of hydrogen-bond acceptors (Lipinski definition) is 8. The van der Waals surface area contributed by atoms with Crippen molar-refractivity contribution in [3.8, 4) is 22.5 Å². The highest BCUT2D eigenvalue weighted by Crippen LogP contribution is 2.43. The summed E-state index contributed by atoms with van der Waals surface area (Å²) in [6.07, 6.45) is -0.486. The summed E-state index contributed by atoms with van der Waals surface area (Å²) < 4.78 is 23.6. The molecule has 0 fully saturated rings. The van der Waals surface area contributed by atoms with Gasteiger partial charge in [-0.25, -0.2) is 19.4 Å². The average molecular weight is 817 g/mol. The molecule has 5 aromatic carbocycles. The van der Waals surface area contributed by atoms with Gasteiger partial charge < -0.3 is 29.3 Å². The highest BCUT2D eigenvalue weighted by Gasteiger charge is 2.26. The number of nitrogens with one attached hydrogen (secondary N) is 3. The Balaban J connectivity index is 1.05. The van der Waals surface area contributed by atoms with Crippen LogP contribution in [-0.2, 0) is 45.2 Å². The third-order valence-corrected chi connectivity index (χ3v) is 10.4. The molecule has 0 radical (unpaired) electrons. The number of carbonyl (C=O) groups excluding carboxylic acids is 3. The zero-order chi connectivity index (χ0) is 42.7. The van der Waals surface area contributed by atoms with Crippen molar-refractivity contribution in [1.82, 2.24) is 5.32 Å². The number of benzene rings is 6. The van der Waals surface area contributed by atoms with Gasteiger partial charge in [-0.15, -0.1) is 0 Å². The van der Waals surface area contributed by atoms with E-state index >= 15 is 0 Å². The number of amides is 1. The summed E-state index contributed by atoms with van der Waals surface area (Å²) in [7, 11) is 0. The number of alkyl carbamates (subject to hydrolysis) is 1. The smallest absolute Gasteiger partial charge is 0.408 e. The molecule has 1 amide bonds. The Labute approximate surface area is 355 Å². The molecule has 2 aliphatic rings. The van der Waals surface area contributed by atoms with Crippen LogP contribution in [0.2, 0.25) is 0 Å². The lowest BCUT2D eigenvalue weighted by Crippen LogP contribution is -2.76. The first-order chi connectivity index (χ1) is 29.7. The van der Waals surface area contributed by atoms with E-state index in [1.807, 2.05) is 115 Å². The van der Waals surface area contributed by atoms with E-state index in [0.717, 1.165) is 79.6 Å².